The summed E-state index contributed by atoms with van der Waals surface area (Å²) in [5, 5.41) is 19.5. The van der Waals surface area contributed by atoms with E-state index in [1.165, 1.54) is 24.8 Å². The Labute approximate surface area is 183 Å². The summed E-state index contributed by atoms with van der Waals surface area (Å²) in [6, 6.07) is 17.6. The maximum absolute atomic E-state index is 6.20. The zero-order chi connectivity index (χ0) is 21.0. The van der Waals surface area contributed by atoms with Crippen LogP contribution in [0.25, 0.3) is 5.69 Å². The third-order valence-corrected chi connectivity index (χ3v) is 6.26. The van der Waals surface area contributed by atoms with Gasteiger partial charge in [0.2, 0.25) is 0 Å². The summed E-state index contributed by atoms with van der Waals surface area (Å²) < 4.78 is 7.97. The van der Waals surface area contributed by atoms with Crippen molar-refractivity contribution in [2.45, 2.75) is 51.2 Å². The van der Waals surface area contributed by atoms with Crippen LogP contribution in [-0.4, -0.2) is 39.4 Å². The van der Waals surface area contributed by atoms with Gasteiger partial charge in [0.25, 0.3) is 0 Å². The molecule has 2 fully saturated rings. The smallest absolute Gasteiger partial charge is 0.153 e. The Bertz CT molecular complexity index is 1000. The molecule has 31 heavy (non-hydrogen) atoms. The highest BCUT2D eigenvalue weighted by molar-refractivity contribution is 5.44. The SMILES string of the molecule is Cc1nnnn1-c1ccc(OCC2CC2)c(CN[C@H]2CCCN[C@H]2c2ccccc2)c1. The van der Waals surface area contributed by atoms with Crippen molar-refractivity contribution in [2.75, 3.05) is 13.2 Å². The van der Waals surface area contributed by atoms with Crippen LogP contribution < -0.4 is 15.4 Å². The van der Waals surface area contributed by atoms with Crippen LogP contribution in [-0.2, 0) is 6.54 Å². The molecule has 1 aromatic heterocycles. The van der Waals surface area contributed by atoms with Gasteiger partial charge >= 0.3 is 0 Å². The number of ether oxygens (including phenoxy) is 1. The molecule has 2 aliphatic rings. The van der Waals surface area contributed by atoms with Gasteiger partial charge < -0.3 is 15.4 Å². The molecule has 3 aromatic rings. The first-order valence-corrected chi connectivity index (χ1v) is 11.3. The number of aryl methyl sites for hydroxylation is 1. The highest BCUT2D eigenvalue weighted by atomic mass is 16.5. The van der Waals surface area contributed by atoms with E-state index in [0.717, 1.165) is 48.9 Å². The van der Waals surface area contributed by atoms with Crippen molar-refractivity contribution in [3.05, 3.63) is 65.5 Å². The highest BCUT2D eigenvalue weighted by Crippen LogP contribution is 2.31. The number of hydrogen-bond acceptors (Lipinski definition) is 6. The lowest BCUT2D eigenvalue weighted by atomic mass is 9.92. The fourth-order valence-electron chi connectivity index (χ4n) is 4.30. The van der Waals surface area contributed by atoms with E-state index in [4.69, 9.17) is 4.74 Å². The second-order valence-electron chi connectivity index (χ2n) is 8.66. The van der Waals surface area contributed by atoms with Gasteiger partial charge in [0.05, 0.1) is 12.3 Å². The molecule has 0 radical (unpaired) electrons. The summed E-state index contributed by atoms with van der Waals surface area (Å²) in [4.78, 5) is 0. The summed E-state index contributed by atoms with van der Waals surface area (Å²) >= 11 is 0. The molecule has 0 amide bonds. The summed E-state index contributed by atoms with van der Waals surface area (Å²) in [7, 11) is 0. The van der Waals surface area contributed by atoms with Gasteiger partial charge in [0.1, 0.15) is 5.75 Å². The maximum atomic E-state index is 6.20. The minimum Gasteiger partial charge on any atom is -0.493 e. The second kappa shape index (κ2) is 9.16. The molecule has 2 N–H and O–H groups in total. The predicted molar refractivity (Wildman–Crippen MR) is 119 cm³/mol. The molecule has 1 aliphatic carbocycles. The molecule has 1 aliphatic heterocycles. The normalized spacial score (nSPS) is 21.2. The van der Waals surface area contributed by atoms with E-state index >= 15 is 0 Å². The molecule has 162 valence electrons. The van der Waals surface area contributed by atoms with Crippen LogP contribution in [0.4, 0.5) is 0 Å². The minimum atomic E-state index is 0.315. The molecule has 0 bridgehead atoms. The van der Waals surface area contributed by atoms with Crippen molar-refractivity contribution >= 4 is 0 Å². The summed E-state index contributed by atoms with van der Waals surface area (Å²) in [6.07, 6.45) is 4.89. The van der Waals surface area contributed by atoms with Gasteiger partial charge in [0.15, 0.2) is 5.82 Å². The number of rotatable bonds is 8. The summed E-state index contributed by atoms with van der Waals surface area (Å²) in [5.41, 5.74) is 3.44. The second-order valence-corrected chi connectivity index (χ2v) is 8.66. The number of benzene rings is 2. The zero-order valence-corrected chi connectivity index (χ0v) is 18.0. The fraction of sp³-hybridized carbons (Fsp3) is 0.458. The first-order valence-electron chi connectivity index (χ1n) is 11.3. The van der Waals surface area contributed by atoms with Crippen LogP contribution in [0.3, 0.4) is 0 Å². The molecule has 2 atom stereocenters. The Kier molecular flexibility index (Phi) is 5.95. The fourth-order valence-corrected chi connectivity index (χ4v) is 4.30. The number of nitrogens with zero attached hydrogens (tertiary/aromatic N) is 4. The molecular formula is C24H30N6O. The predicted octanol–water partition coefficient (Wildman–Crippen LogP) is 3.34. The monoisotopic (exact) mass is 418 g/mol. The van der Waals surface area contributed by atoms with Crippen LogP contribution in [0.2, 0.25) is 0 Å². The lowest BCUT2D eigenvalue weighted by molar-refractivity contribution is 0.287. The number of piperidine rings is 1. The molecule has 1 saturated carbocycles. The highest BCUT2D eigenvalue weighted by Gasteiger charge is 2.26. The molecule has 5 rings (SSSR count). The van der Waals surface area contributed by atoms with Crippen LogP contribution in [0, 0.1) is 12.8 Å². The number of hydrogen-bond donors (Lipinski definition) is 2. The molecule has 1 saturated heterocycles. The largest absolute Gasteiger partial charge is 0.493 e. The Hall–Kier alpha value is -2.77. The van der Waals surface area contributed by atoms with E-state index < -0.39 is 0 Å². The Morgan fingerprint density at radius 2 is 2.00 bits per heavy atom. The molecule has 0 unspecified atom stereocenters. The zero-order valence-electron chi connectivity index (χ0n) is 18.0. The molecule has 7 heteroatoms. The third kappa shape index (κ3) is 4.78. The van der Waals surface area contributed by atoms with Crippen molar-refractivity contribution in [1.29, 1.82) is 0 Å². The molecular weight excluding hydrogens is 388 g/mol. The Morgan fingerprint density at radius 1 is 1.13 bits per heavy atom. The average Bonchev–Trinajstić information content (AvgIpc) is 3.55. The minimum absolute atomic E-state index is 0.315. The number of nitrogens with one attached hydrogen (secondary N) is 2. The van der Waals surface area contributed by atoms with Crippen molar-refractivity contribution < 1.29 is 4.74 Å². The number of tetrazole rings is 1. The van der Waals surface area contributed by atoms with E-state index in [9.17, 15) is 0 Å². The van der Waals surface area contributed by atoms with Crippen LogP contribution in [0.5, 0.6) is 5.75 Å². The van der Waals surface area contributed by atoms with Gasteiger partial charge in [-0.25, -0.2) is 0 Å². The van der Waals surface area contributed by atoms with Crippen molar-refractivity contribution in [3.63, 3.8) is 0 Å². The van der Waals surface area contributed by atoms with Crippen molar-refractivity contribution in [1.82, 2.24) is 30.8 Å². The lowest BCUT2D eigenvalue weighted by Crippen LogP contribution is -2.45. The maximum Gasteiger partial charge on any atom is 0.153 e. The van der Waals surface area contributed by atoms with Gasteiger partial charge in [-0.3, -0.25) is 0 Å². The van der Waals surface area contributed by atoms with E-state index in [1.807, 2.05) is 13.0 Å². The molecule has 7 nitrogen and oxygen atoms in total. The first-order chi connectivity index (χ1) is 15.3. The van der Waals surface area contributed by atoms with Gasteiger partial charge in [-0.05, 0) is 79.3 Å². The Balaban J connectivity index is 1.36. The van der Waals surface area contributed by atoms with E-state index in [1.54, 1.807) is 4.68 Å². The van der Waals surface area contributed by atoms with Gasteiger partial charge in [0, 0.05) is 24.2 Å². The van der Waals surface area contributed by atoms with Crippen LogP contribution in [0.1, 0.15) is 48.7 Å². The summed E-state index contributed by atoms with van der Waals surface area (Å²) in [5.74, 6) is 2.44. The number of aromatic nitrogens is 4. The average molecular weight is 419 g/mol. The van der Waals surface area contributed by atoms with Gasteiger partial charge in [-0.15, -0.1) is 5.10 Å². The quantitative estimate of drug-likeness (QED) is 0.584. The lowest BCUT2D eigenvalue weighted by Gasteiger charge is -2.34. The van der Waals surface area contributed by atoms with E-state index in [0.29, 0.717) is 18.0 Å². The van der Waals surface area contributed by atoms with Crippen LogP contribution >= 0.6 is 0 Å². The Morgan fingerprint density at radius 3 is 2.77 bits per heavy atom. The third-order valence-electron chi connectivity index (χ3n) is 6.26. The van der Waals surface area contributed by atoms with E-state index in [-0.39, 0.29) is 0 Å². The topological polar surface area (TPSA) is 76.9 Å². The molecule has 2 heterocycles. The summed E-state index contributed by atoms with van der Waals surface area (Å²) in [6.45, 7) is 4.51. The standard InChI is InChI=1S/C24H30N6O/c1-17-27-28-29-30(17)21-11-12-23(31-16-18-9-10-18)20(14-21)15-26-22-8-5-13-25-24(22)19-6-3-2-4-7-19/h2-4,6-7,11-12,14,18,22,24-26H,5,8-10,13,15-16H2,1H3/t22-,24-/m0/s1. The van der Waals surface area contributed by atoms with Crippen molar-refractivity contribution in [3.8, 4) is 11.4 Å². The van der Waals surface area contributed by atoms with Gasteiger partial charge in [-0.2, -0.15) is 4.68 Å². The molecule has 2 aromatic carbocycles. The molecule has 0 spiro atoms. The van der Waals surface area contributed by atoms with Crippen molar-refractivity contribution in [2.24, 2.45) is 5.92 Å². The first kappa shape index (κ1) is 20.2. The van der Waals surface area contributed by atoms with Gasteiger partial charge in [-0.1, -0.05) is 30.3 Å². The van der Waals surface area contributed by atoms with Crippen LogP contribution in [0.15, 0.2) is 48.5 Å². The van der Waals surface area contributed by atoms with E-state index in [2.05, 4.69) is 68.6 Å².